The molecule has 3 heteroatoms. The molecule has 0 fully saturated rings. The Hall–Kier alpha value is -1.90. The van der Waals surface area contributed by atoms with Gasteiger partial charge in [0.2, 0.25) is 0 Å². The summed E-state index contributed by atoms with van der Waals surface area (Å²) in [6, 6.07) is 7.76. The average molecular weight is 201 g/mol. The summed E-state index contributed by atoms with van der Waals surface area (Å²) in [4.78, 5) is 0. The molecule has 0 aliphatic carbocycles. The van der Waals surface area contributed by atoms with Gasteiger partial charge in [0.15, 0.2) is 0 Å². The summed E-state index contributed by atoms with van der Waals surface area (Å²) >= 11 is 0. The van der Waals surface area contributed by atoms with Crippen LogP contribution in [0.4, 0.5) is 11.4 Å². The molecule has 3 nitrogen and oxygen atoms in total. The maximum absolute atomic E-state index is 5.94. The van der Waals surface area contributed by atoms with Gasteiger partial charge in [-0.3, -0.25) is 0 Å². The molecule has 2 aromatic rings. The molecule has 15 heavy (non-hydrogen) atoms. The molecule has 0 aliphatic rings. The largest absolute Gasteiger partial charge is 0.398 e. The number of aryl methyl sites for hydroxylation is 1. The third kappa shape index (κ3) is 1.68. The molecule has 0 atom stereocenters. The van der Waals surface area contributed by atoms with Crippen LogP contribution in [-0.2, 0) is 6.54 Å². The number of benzene rings is 1. The Balaban J connectivity index is 2.54. The average Bonchev–Trinajstić information content (AvgIpc) is 2.60. The van der Waals surface area contributed by atoms with Crippen LogP contribution in [0.2, 0.25) is 0 Å². The summed E-state index contributed by atoms with van der Waals surface area (Å²) in [5, 5.41) is 0. The number of para-hydroxylation sites is 1. The maximum atomic E-state index is 5.94. The first-order valence-electron chi connectivity index (χ1n) is 5.02. The van der Waals surface area contributed by atoms with Crippen molar-refractivity contribution in [1.82, 2.24) is 4.57 Å². The fourth-order valence-corrected chi connectivity index (χ4v) is 1.68. The second-order valence-electron chi connectivity index (χ2n) is 3.54. The van der Waals surface area contributed by atoms with Gasteiger partial charge in [-0.25, -0.2) is 0 Å². The van der Waals surface area contributed by atoms with Crippen LogP contribution >= 0.6 is 0 Å². The lowest BCUT2D eigenvalue weighted by Gasteiger charge is -2.03. The van der Waals surface area contributed by atoms with Crippen molar-refractivity contribution in [2.24, 2.45) is 0 Å². The van der Waals surface area contributed by atoms with Crippen molar-refractivity contribution in [3.05, 3.63) is 36.7 Å². The molecular weight excluding hydrogens is 186 g/mol. The first kappa shape index (κ1) is 9.65. The number of anilines is 2. The predicted octanol–water partition coefficient (Wildman–Crippen LogP) is 2.34. The molecule has 0 spiro atoms. The van der Waals surface area contributed by atoms with Crippen molar-refractivity contribution in [3.8, 4) is 11.1 Å². The van der Waals surface area contributed by atoms with E-state index in [0.29, 0.717) is 0 Å². The molecule has 0 unspecified atom stereocenters. The second-order valence-corrected chi connectivity index (χ2v) is 3.54. The normalized spacial score (nSPS) is 10.5. The smallest absolute Gasteiger partial charge is 0.0574 e. The van der Waals surface area contributed by atoms with Crippen molar-refractivity contribution < 1.29 is 0 Å². The van der Waals surface area contributed by atoms with Gasteiger partial charge in [-0.2, -0.15) is 0 Å². The Morgan fingerprint density at radius 2 is 1.73 bits per heavy atom. The highest BCUT2D eigenvalue weighted by Crippen LogP contribution is 2.30. The Kier molecular flexibility index (Phi) is 2.37. The number of nitrogens with zero attached hydrogens (tertiary/aromatic N) is 1. The van der Waals surface area contributed by atoms with Crippen molar-refractivity contribution in [3.63, 3.8) is 0 Å². The maximum Gasteiger partial charge on any atom is 0.0574 e. The lowest BCUT2D eigenvalue weighted by molar-refractivity contribution is 0.770. The van der Waals surface area contributed by atoms with Crippen LogP contribution in [0, 0.1) is 0 Å². The lowest BCUT2D eigenvalue weighted by atomic mass is 10.1. The van der Waals surface area contributed by atoms with Gasteiger partial charge in [-0.05, 0) is 13.0 Å². The van der Waals surface area contributed by atoms with E-state index >= 15 is 0 Å². The molecule has 0 saturated carbocycles. The van der Waals surface area contributed by atoms with Crippen LogP contribution in [0.3, 0.4) is 0 Å². The van der Waals surface area contributed by atoms with E-state index in [1.165, 1.54) is 0 Å². The van der Waals surface area contributed by atoms with E-state index in [1.807, 2.05) is 36.7 Å². The number of rotatable bonds is 2. The molecule has 1 aromatic carbocycles. The fourth-order valence-electron chi connectivity index (χ4n) is 1.68. The molecule has 1 aromatic heterocycles. The summed E-state index contributed by atoms with van der Waals surface area (Å²) in [6.45, 7) is 2.99. The molecule has 0 amide bonds. The molecule has 0 bridgehead atoms. The molecule has 1 heterocycles. The van der Waals surface area contributed by atoms with Gasteiger partial charge in [0.25, 0.3) is 0 Å². The van der Waals surface area contributed by atoms with E-state index in [4.69, 9.17) is 11.5 Å². The molecular formula is C12H15N3. The van der Waals surface area contributed by atoms with Gasteiger partial charge in [0.1, 0.15) is 0 Å². The number of nitrogens with two attached hydrogens (primary N) is 2. The molecule has 4 N–H and O–H groups in total. The van der Waals surface area contributed by atoms with Crippen LogP contribution in [0.1, 0.15) is 6.92 Å². The quantitative estimate of drug-likeness (QED) is 0.733. The van der Waals surface area contributed by atoms with Gasteiger partial charge in [0.05, 0.1) is 5.69 Å². The summed E-state index contributed by atoms with van der Waals surface area (Å²) in [6.07, 6.45) is 3.96. The molecule has 0 radical (unpaired) electrons. The molecule has 2 rings (SSSR count). The first-order chi connectivity index (χ1) is 7.22. The Bertz CT molecular complexity index is 471. The van der Waals surface area contributed by atoms with Crippen LogP contribution in [0.15, 0.2) is 36.7 Å². The van der Waals surface area contributed by atoms with E-state index in [9.17, 15) is 0 Å². The van der Waals surface area contributed by atoms with Crippen LogP contribution < -0.4 is 11.5 Å². The van der Waals surface area contributed by atoms with E-state index < -0.39 is 0 Å². The van der Waals surface area contributed by atoms with E-state index in [1.54, 1.807) is 0 Å². The number of hydrogen-bond acceptors (Lipinski definition) is 2. The zero-order valence-corrected chi connectivity index (χ0v) is 8.77. The first-order valence-corrected chi connectivity index (χ1v) is 5.02. The highest BCUT2D eigenvalue weighted by Gasteiger charge is 2.07. The lowest BCUT2D eigenvalue weighted by Crippen LogP contribution is -1.91. The Morgan fingerprint density at radius 3 is 2.33 bits per heavy atom. The zero-order chi connectivity index (χ0) is 10.8. The fraction of sp³-hybridized carbons (Fsp3) is 0.167. The Morgan fingerprint density at radius 1 is 1.00 bits per heavy atom. The Labute approximate surface area is 89.3 Å². The van der Waals surface area contributed by atoms with Gasteiger partial charge < -0.3 is 16.0 Å². The molecule has 0 aliphatic heterocycles. The molecule has 0 saturated heterocycles. The van der Waals surface area contributed by atoms with Crippen LogP contribution in [0.25, 0.3) is 11.1 Å². The van der Waals surface area contributed by atoms with Crippen LogP contribution in [0.5, 0.6) is 0 Å². The minimum Gasteiger partial charge on any atom is -0.398 e. The number of aromatic nitrogens is 1. The summed E-state index contributed by atoms with van der Waals surface area (Å²) in [7, 11) is 0. The zero-order valence-electron chi connectivity index (χ0n) is 8.77. The van der Waals surface area contributed by atoms with Crippen molar-refractivity contribution in [2.45, 2.75) is 13.5 Å². The van der Waals surface area contributed by atoms with Gasteiger partial charge in [0, 0.05) is 35.8 Å². The highest BCUT2D eigenvalue weighted by atomic mass is 14.9. The monoisotopic (exact) mass is 201 g/mol. The third-order valence-corrected chi connectivity index (χ3v) is 2.53. The summed E-state index contributed by atoms with van der Waals surface area (Å²) < 4.78 is 2.05. The third-order valence-electron chi connectivity index (χ3n) is 2.53. The molecule has 78 valence electrons. The minimum atomic E-state index is 0.762. The number of nitrogen functional groups attached to an aromatic ring is 2. The van der Waals surface area contributed by atoms with E-state index in [2.05, 4.69) is 11.5 Å². The minimum absolute atomic E-state index is 0.762. The topological polar surface area (TPSA) is 57.0 Å². The second kappa shape index (κ2) is 3.69. The SMILES string of the molecule is CCn1cc(N)c(-c2ccccc2N)c1. The van der Waals surface area contributed by atoms with Gasteiger partial charge in [-0.15, -0.1) is 0 Å². The van der Waals surface area contributed by atoms with Gasteiger partial charge >= 0.3 is 0 Å². The van der Waals surface area contributed by atoms with Crippen molar-refractivity contribution in [2.75, 3.05) is 11.5 Å². The standard InChI is InChI=1S/C12H15N3/c1-2-15-7-10(12(14)8-15)9-5-3-4-6-11(9)13/h3-8H,2,13-14H2,1H3. The van der Waals surface area contributed by atoms with Crippen LogP contribution in [-0.4, -0.2) is 4.57 Å². The van der Waals surface area contributed by atoms with E-state index in [0.717, 1.165) is 29.0 Å². The predicted molar refractivity (Wildman–Crippen MR) is 64.4 cm³/mol. The highest BCUT2D eigenvalue weighted by molar-refractivity contribution is 5.83. The number of hydrogen-bond donors (Lipinski definition) is 2. The van der Waals surface area contributed by atoms with Gasteiger partial charge in [-0.1, -0.05) is 18.2 Å². The van der Waals surface area contributed by atoms with Crippen molar-refractivity contribution >= 4 is 11.4 Å². The summed E-state index contributed by atoms with van der Waals surface area (Å²) in [5.41, 5.74) is 15.4. The van der Waals surface area contributed by atoms with Crippen molar-refractivity contribution in [1.29, 1.82) is 0 Å². The van der Waals surface area contributed by atoms with E-state index in [-0.39, 0.29) is 0 Å². The summed E-state index contributed by atoms with van der Waals surface area (Å²) in [5.74, 6) is 0.